The maximum Gasteiger partial charge on any atom is 0.225 e. The molecule has 0 unspecified atom stereocenters. The van der Waals surface area contributed by atoms with Gasteiger partial charge in [0.05, 0.1) is 19.1 Å². The molecule has 0 bridgehead atoms. The number of nitrogens with zero attached hydrogens (tertiary/aromatic N) is 2. The molecule has 158 valence electrons. The highest BCUT2D eigenvalue weighted by Crippen LogP contribution is 2.38. The molecule has 2 aliphatic heterocycles. The van der Waals surface area contributed by atoms with Crippen molar-refractivity contribution in [3.05, 3.63) is 71.3 Å². The average molecular weight is 426 g/mol. The summed E-state index contributed by atoms with van der Waals surface area (Å²) in [5.74, 6) is 0.851. The zero-order chi connectivity index (χ0) is 21.1. The van der Waals surface area contributed by atoms with Crippen LogP contribution in [0, 0.1) is 5.92 Å². The van der Waals surface area contributed by atoms with Gasteiger partial charge in [-0.2, -0.15) is 0 Å². The minimum Gasteiger partial charge on any atom is -0.497 e. The first-order valence-corrected chi connectivity index (χ1v) is 10.8. The van der Waals surface area contributed by atoms with Crippen LogP contribution in [-0.4, -0.2) is 50.1 Å². The van der Waals surface area contributed by atoms with Gasteiger partial charge >= 0.3 is 0 Å². The summed E-state index contributed by atoms with van der Waals surface area (Å²) in [6.07, 6.45) is 2.46. The van der Waals surface area contributed by atoms with Crippen molar-refractivity contribution >= 4 is 23.2 Å². The van der Waals surface area contributed by atoms with E-state index in [2.05, 4.69) is 46.0 Å². The lowest BCUT2D eigenvalue weighted by Crippen LogP contribution is -2.60. The number of rotatable bonds is 6. The fourth-order valence-corrected chi connectivity index (χ4v) is 4.69. The highest BCUT2D eigenvalue weighted by atomic mass is 35.5. The van der Waals surface area contributed by atoms with Crippen molar-refractivity contribution in [3.8, 4) is 5.75 Å². The summed E-state index contributed by atoms with van der Waals surface area (Å²) < 4.78 is 5.46. The van der Waals surface area contributed by atoms with Gasteiger partial charge in [-0.05, 0) is 35.7 Å². The predicted molar refractivity (Wildman–Crippen MR) is 121 cm³/mol. The van der Waals surface area contributed by atoms with Gasteiger partial charge in [-0.1, -0.05) is 35.9 Å². The third-order valence-electron chi connectivity index (χ3n) is 6.09. The number of hydrogen-bond donors (Lipinski definition) is 1. The molecule has 2 heterocycles. The van der Waals surface area contributed by atoms with Gasteiger partial charge in [0.25, 0.3) is 0 Å². The van der Waals surface area contributed by atoms with Crippen LogP contribution in [0.15, 0.2) is 55.1 Å². The largest absolute Gasteiger partial charge is 0.497 e. The summed E-state index contributed by atoms with van der Waals surface area (Å²) >= 11 is 6.03. The number of nitrogens with one attached hydrogen (secondary N) is 1. The van der Waals surface area contributed by atoms with Crippen molar-refractivity contribution < 1.29 is 9.53 Å². The molecule has 30 heavy (non-hydrogen) atoms. The Balaban J connectivity index is 1.58. The number of hydrogen-bond acceptors (Lipinski definition) is 4. The number of carbonyl (C=O) groups is 1. The second kappa shape index (κ2) is 9.11. The van der Waals surface area contributed by atoms with Gasteiger partial charge in [0.15, 0.2) is 0 Å². The Morgan fingerprint density at radius 1 is 1.27 bits per heavy atom. The Hall–Kier alpha value is -2.50. The highest BCUT2D eigenvalue weighted by molar-refractivity contribution is 6.30. The summed E-state index contributed by atoms with van der Waals surface area (Å²) in [6.45, 7) is 7.73. The Bertz CT molecular complexity index is 915. The van der Waals surface area contributed by atoms with Crippen molar-refractivity contribution in [1.82, 2.24) is 10.2 Å². The Labute approximate surface area is 183 Å². The molecule has 0 saturated carbocycles. The maximum absolute atomic E-state index is 13.0. The molecule has 1 amide bonds. The number of benzene rings is 2. The van der Waals surface area contributed by atoms with Gasteiger partial charge in [-0.15, -0.1) is 6.58 Å². The van der Waals surface area contributed by atoms with Crippen molar-refractivity contribution in [2.24, 2.45) is 5.92 Å². The number of halogens is 1. The molecule has 2 aromatic carbocycles. The molecule has 1 fully saturated rings. The summed E-state index contributed by atoms with van der Waals surface area (Å²) in [7, 11) is 1.69. The fourth-order valence-electron chi connectivity index (χ4n) is 4.56. The van der Waals surface area contributed by atoms with E-state index in [1.165, 1.54) is 16.8 Å². The Morgan fingerprint density at radius 3 is 2.80 bits per heavy atom. The molecule has 0 spiro atoms. The topological polar surface area (TPSA) is 44.8 Å². The number of fused-ring (bicyclic) bond motifs is 3. The first kappa shape index (κ1) is 20.8. The van der Waals surface area contributed by atoms with Crippen molar-refractivity contribution in [1.29, 1.82) is 0 Å². The molecular weight excluding hydrogens is 398 g/mol. The second-order valence-electron chi connectivity index (χ2n) is 7.96. The van der Waals surface area contributed by atoms with Gasteiger partial charge in [0.1, 0.15) is 5.75 Å². The van der Waals surface area contributed by atoms with E-state index in [4.69, 9.17) is 16.3 Å². The number of carbonyl (C=O) groups excluding carboxylic acids is 1. The molecule has 1 saturated heterocycles. The van der Waals surface area contributed by atoms with Crippen LogP contribution in [0.4, 0.5) is 5.69 Å². The molecule has 1 N–H and O–H groups in total. The van der Waals surface area contributed by atoms with Crippen molar-refractivity contribution in [3.63, 3.8) is 0 Å². The molecule has 2 aliphatic rings. The lowest BCUT2D eigenvalue weighted by Gasteiger charge is -2.49. The summed E-state index contributed by atoms with van der Waals surface area (Å²) in [6, 6.07) is 14.3. The number of piperazine rings is 1. The smallest absolute Gasteiger partial charge is 0.225 e. The van der Waals surface area contributed by atoms with E-state index in [1.807, 2.05) is 18.2 Å². The third kappa shape index (κ3) is 4.32. The van der Waals surface area contributed by atoms with E-state index in [9.17, 15) is 4.79 Å². The van der Waals surface area contributed by atoms with E-state index in [0.717, 1.165) is 43.4 Å². The van der Waals surface area contributed by atoms with E-state index in [0.29, 0.717) is 6.54 Å². The molecule has 5 nitrogen and oxygen atoms in total. The van der Waals surface area contributed by atoms with Crippen LogP contribution in [0.25, 0.3) is 0 Å². The van der Waals surface area contributed by atoms with Crippen molar-refractivity contribution in [2.45, 2.75) is 19.0 Å². The van der Waals surface area contributed by atoms with Crippen LogP contribution in [0.5, 0.6) is 5.75 Å². The zero-order valence-corrected chi connectivity index (χ0v) is 18.1. The fraction of sp³-hybridized carbons (Fsp3) is 0.375. The van der Waals surface area contributed by atoms with Crippen LogP contribution in [0.1, 0.15) is 11.1 Å². The predicted octanol–water partition coefficient (Wildman–Crippen LogP) is 3.51. The highest BCUT2D eigenvalue weighted by Gasteiger charge is 2.41. The zero-order valence-electron chi connectivity index (χ0n) is 17.3. The van der Waals surface area contributed by atoms with Crippen LogP contribution >= 0.6 is 11.6 Å². The van der Waals surface area contributed by atoms with Crippen molar-refractivity contribution in [2.75, 3.05) is 38.2 Å². The summed E-state index contributed by atoms with van der Waals surface area (Å²) in [5.41, 5.74) is 3.63. The number of amides is 1. The lowest BCUT2D eigenvalue weighted by molar-refractivity contribution is -0.126. The SMILES string of the molecule is C=CCNC(=O)[C@@H]1Cc2ccc(OC)cc2N2CCN(Cc3ccc(Cl)cc3)C[C@@H]12. The van der Waals surface area contributed by atoms with E-state index >= 15 is 0 Å². The number of ether oxygens (including phenoxy) is 1. The summed E-state index contributed by atoms with van der Waals surface area (Å²) in [5, 5.41) is 3.77. The molecule has 6 heteroatoms. The standard InChI is InChI=1S/C24H28ClN3O2/c1-3-10-26-24(29)21-13-18-6-9-20(30-2)14-22(18)28-12-11-27(16-23(21)28)15-17-4-7-19(25)8-5-17/h3-9,14,21,23H,1,10-13,15-16H2,2H3,(H,26,29)/t21-,23+/m1/s1. The Morgan fingerprint density at radius 2 is 2.07 bits per heavy atom. The van der Waals surface area contributed by atoms with Crippen LogP contribution in [-0.2, 0) is 17.8 Å². The molecule has 0 radical (unpaired) electrons. The average Bonchev–Trinajstić information content (AvgIpc) is 2.78. The van der Waals surface area contributed by atoms with E-state index < -0.39 is 0 Å². The Kier molecular flexibility index (Phi) is 6.30. The van der Waals surface area contributed by atoms with Gasteiger partial charge in [0, 0.05) is 49.5 Å². The maximum atomic E-state index is 13.0. The summed E-state index contributed by atoms with van der Waals surface area (Å²) in [4.78, 5) is 17.8. The third-order valence-corrected chi connectivity index (χ3v) is 6.34. The first-order chi connectivity index (χ1) is 14.6. The second-order valence-corrected chi connectivity index (χ2v) is 8.40. The van der Waals surface area contributed by atoms with Gasteiger partial charge in [-0.3, -0.25) is 9.69 Å². The monoisotopic (exact) mass is 425 g/mol. The normalized spacial score (nSPS) is 20.8. The van der Waals surface area contributed by atoms with Gasteiger partial charge in [-0.25, -0.2) is 0 Å². The molecule has 0 aromatic heterocycles. The molecule has 4 rings (SSSR count). The van der Waals surface area contributed by atoms with Crippen LogP contribution < -0.4 is 15.0 Å². The number of anilines is 1. The minimum atomic E-state index is -0.0983. The number of methoxy groups -OCH3 is 1. The minimum absolute atomic E-state index is 0.0970. The van der Waals surface area contributed by atoms with Crippen LogP contribution in [0.2, 0.25) is 5.02 Å². The molecular formula is C24H28ClN3O2. The first-order valence-electron chi connectivity index (χ1n) is 10.4. The van der Waals surface area contributed by atoms with E-state index in [1.54, 1.807) is 13.2 Å². The molecule has 2 aromatic rings. The van der Waals surface area contributed by atoms with Gasteiger partial charge < -0.3 is 15.0 Å². The quantitative estimate of drug-likeness (QED) is 0.719. The lowest BCUT2D eigenvalue weighted by atomic mass is 9.83. The van der Waals surface area contributed by atoms with Crippen LogP contribution in [0.3, 0.4) is 0 Å². The van der Waals surface area contributed by atoms with E-state index in [-0.39, 0.29) is 17.9 Å². The van der Waals surface area contributed by atoms with Gasteiger partial charge in [0.2, 0.25) is 5.91 Å². The molecule has 2 atom stereocenters. The molecule has 0 aliphatic carbocycles.